The molecular weight excluding hydrogens is 503 g/mol. The zero-order chi connectivity index (χ0) is 24.1. The lowest BCUT2D eigenvalue weighted by Crippen LogP contribution is -2.35. The second kappa shape index (κ2) is 10.8. The lowest BCUT2D eigenvalue weighted by atomic mass is 9.93. The molecule has 4 rings (SSSR count). The molecule has 10 heteroatoms. The van der Waals surface area contributed by atoms with Crippen LogP contribution in [0.3, 0.4) is 0 Å². The van der Waals surface area contributed by atoms with E-state index in [1.165, 1.54) is 28.6 Å². The summed E-state index contributed by atoms with van der Waals surface area (Å²) in [5, 5.41) is 9.77. The maximum atomic E-state index is 13.9. The van der Waals surface area contributed by atoms with Crippen molar-refractivity contribution >= 4 is 39.2 Å². The van der Waals surface area contributed by atoms with Crippen LogP contribution in [0.1, 0.15) is 40.1 Å². The van der Waals surface area contributed by atoms with Gasteiger partial charge in [0.1, 0.15) is 11.6 Å². The van der Waals surface area contributed by atoms with Gasteiger partial charge in [-0.2, -0.15) is 5.10 Å². The van der Waals surface area contributed by atoms with Crippen molar-refractivity contribution in [2.45, 2.75) is 19.3 Å². The van der Waals surface area contributed by atoms with Gasteiger partial charge in [-0.15, -0.1) is 0 Å². The first-order valence-electron chi connectivity index (χ1n) is 11.2. The van der Waals surface area contributed by atoms with Gasteiger partial charge in [0.15, 0.2) is 5.69 Å². The number of hydrogen-bond acceptors (Lipinski definition) is 5. The molecule has 0 atom stereocenters. The van der Waals surface area contributed by atoms with Crippen molar-refractivity contribution in [3.63, 3.8) is 0 Å². The van der Waals surface area contributed by atoms with E-state index >= 15 is 0 Å². The lowest BCUT2D eigenvalue weighted by molar-refractivity contribution is 0.0943. The van der Waals surface area contributed by atoms with E-state index in [0.717, 1.165) is 32.4 Å². The Morgan fingerprint density at radius 1 is 1.12 bits per heavy atom. The van der Waals surface area contributed by atoms with Crippen LogP contribution in [0.2, 0.25) is 0 Å². The summed E-state index contributed by atoms with van der Waals surface area (Å²) in [6.07, 6.45) is 6.64. The first-order valence-corrected chi connectivity index (χ1v) is 11.9. The summed E-state index contributed by atoms with van der Waals surface area (Å²) < 4.78 is 15.6. The van der Waals surface area contributed by atoms with Crippen molar-refractivity contribution in [3.05, 3.63) is 70.3 Å². The minimum Gasteiger partial charge on any atom is -0.371 e. The molecule has 2 aromatic heterocycles. The minimum atomic E-state index is -0.622. The first kappa shape index (κ1) is 23.9. The monoisotopic (exact) mass is 528 g/mol. The summed E-state index contributed by atoms with van der Waals surface area (Å²) in [4.78, 5) is 31.6. The predicted molar refractivity (Wildman–Crippen MR) is 131 cm³/mol. The van der Waals surface area contributed by atoms with Crippen LogP contribution in [0.25, 0.3) is 0 Å². The standard InChI is InChI=1S/C24H26BrFN6O2/c1-31-22(29-23(33)18-4-2-3-5-19(18)26)20(25)21(30-31)24(34)28-13-6-16-9-14-32(15-10-16)17-7-11-27-12-8-17/h2-5,7-8,11-12,16H,6,9-10,13-15H2,1H3,(H,28,34)(H,29,33). The molecular formula is C24H26BrFN6O2. The number of carbonyl (C=O) groups is 2. The fraction of sp³-hybridized carbons (Fsp3) is 0.333. The number of anilines is 2. The van der Waals surface area contributed by atoms with Crippen LogP contribution in [0, 0.1) is 11.7 Å². The Balaban J connectivity index is 1.28. The van der Waals surface area contributed by atoms with Crippen LogP contribution >= 0.6 is 15.9 Å². The van der Waals surface area contributed by atoms with E-state index in [0.29, 0.717) is 16.9 Å². The van der Waals surface area contributed by atoms with Gasteiger partial charge in [-0.1, -0.05) is 12.1 Å². The molecule has 1 aliphatic rings. The number of rotatable bonds is 7. The molecule has 2 amide bonds. The molecule has 8 nitrogen and oxygen atoms in total. The zero-order valence-corrected chi connectivity index (χ0v) is 20.4. The van der Waals surface area contributed by atoms with Crippen LogP contribution in [-0.2, 0) is 7.05 Å². The second-order valence-corrected chi connectivity index (χ2v) is 9.04. The number of nitrogens with one attached hydrogen (secondary N) is 2. The first-order chi connectivity index (χ1) is 16.4. The number of aryl methyl sites for hydroxylation is 1. The summed E-state index contributed by atoms with van der Waals surface area (Å²) >= 11 is 3.36. The number of benzene rings is 1. The van der Waals surface area contributed by atoms with Crippen LogP contribution in [-0.4, -0.2) is 46.2 Å². The highest BCUT2D eigenvalue weighted by atomic mass is 79.9. The van der Waals surface area contributed by atoms with E-state index in [-0.39, 0.29) is 23.0 Å². The van der Waals surface area contributed by atoms with Crippen LogP contribution < -0.4 is 15.5 Å². The Bertz CT molecular complexity index is 1160. The van der Waals surface area contributed by atoms with Gasteiger partial charge in [0.25, 0.3) is 11.8 Å². The van der Waals surface area contributed by atoms with E-state index in [2.05, 4.69) is 41.5 Å². The van der Waals surface area contributed by atoms with Crippen molar-refractivity contribution in [1.29, 1.82) is 0 Å². The fourth-order valence-corrected chi connectivity index (χ4v) is 4.72. The van der Waals surface area contributed by atoms with E-state index in [4.69, 9.17) is 0 Å². The Morgan fingerprint density at radius 2 is 1.82 bits per heavy atom. The quantitative estimate of drug-likeness (QED) is 0.483. The summed E-state index contributed by atoms with van der Waals surface area (Å²) in [5.74, 6) is -0.749. The number of nitrogens with zero attached hydrogens (tertiary/aromatic N) is 4. The average Bonchev–Trinajstić information content (AvgIpc) is 3.13. The van der Waals surface area contributed by atoms with E-state index in [1.807, 2.05) is 24.5 Å². The maximum absolute atomic E-state index is 13.9. The van der Waals surface area contributed by atoms with Crippen molar-refractivity contribution in [2.24, 2.45) is 13.0 Å². The van der Waals surface area contributed by atoms with E-state index in [9.17, 15) is 14.0 Å². The van der Waals surface area contributed by atoms with E-state index < -0.39 is 11.7 Å². The second-order valence-electron chi connectivity index (χ2n) is 8.25. The normalized spacial score (nSPS) is 14.1. The zero-order valence-electron chi connectivity index (χ0n) is 18.8. The van der Waals surface area contributed by atoms with Gasteiger partial charge in [-0.3, -0.25) is 19.3 Å². The predicted octanol–water partition coefficient (Wildman–Crippen LogP) is 4.01. The highest BCUT2D eigenvalue weighted by Crippen LogP contribution is 2.27. The smallest absolute Gasteiger partial charge is 0.273 e. The molecule has 1 aromatic carbocycles. The van der Waals surface area contributed by atoms with Crippen LogP contribution in [0.15, 0.2) is 53.3 Å². The Labute approximate surface area is 205 Å². The SMILES string of the molecule is Cn1nc(C(=O)NCCC2CCN(c3ccncc3)CC2)c(Br)c1NC(=O)c1ccccc1F. The summed E-state index contributed by atoms with van der Waals surface area (Å²) in [6, 6.07) is 9.76. The molecule has 178 valence electrons. The third-order valence-electron chi connectivity index (χ3n) is 6.04. The number of pyridine rings is 1. The third kappa shape index (κ3) is 5.44. The summed E-state index contributed by atoms with van der Waals surface area (Å²) in [5.41, 5.74) is 1.27. The molecule has 2 N–H and O–H groups in total. The molecule has 1 fully saturated rings. The average molecular weight is 529 g/mol. The van der Waals surface area contributed by atoms with Crippen LogP contribution in [0.4, 0.5) is 15.9 Å². The molecule has 0 saturated carbocycles. The molecule has 1 saturated heterocycles. The lowest BCUT2D eigenvalue weighted by Gasteiger charge is -2.33. The number of halogens is 2. The highest BCUT2D eigenvalue weighted by Gasteiger charge is 2.24. The molecule has 0 aliphatic carbocycles. The molecule has 0 bridgehead atoms. The molecule has 0 spiro atoms. The maximum Gasteiger partial charge on any atom is 0.273 e. The topological polar surface area (TPSA) is 92.2 Å². The fourth-order valence-electron chi connectivity index (χ4n) is 4.11. The molecule has 1 aliphatic heterocycles. The Kier molecular flexibility index (Phi) is 7.56. The van der Waals surface area contributed by atoms with Crippen LogP contribution in [0.5, 0.6) is 0 Å². The highest BCUT2D eigenvalue weighted by molar-refractivity contribution is 9.10. The van der Waals surface area contributed by atoms with Gasteiger partial charge in [0, 0.05) is 44.8 Å². The van der Waals surface area contributed by atoms with Crippen molar-refractivity contribution in [1.82, 2.24) is 20.1 Å². The van der Waals surface area contributed by atoms with Crippen molar-refractivity contribution in [3.8, 4) is 0 Å². The van der Waals surface area contributed by atoms with Gasteiger partial charge < -0.3 is 15.5 Å². The van der Waals surface area contributed by atoms with E-state index in [1.54, 1.807) is 13.1 Å². The summed E-state index contributed by atoms with van der Waals surface area (Å²) in [7, 11) is 1.61. The molecule has 3 aromatic rings. The van der Waals surface area contributed by atoms with Gasteiger partial charge in [0.05, 0.1) is 10.0 Å². The largest absolute Gasteiger partial charge is 0.371 e. The number of amides is 2. The van der Waals surface area contributed by atoms with Gasteiger partial charge in [0.2, 0.25) is 0 Å². The van der Waals surface area contributed by atoms with Crippen molar-refractivity contribution in [2.75, 3.05) is 29.9 Å². The number of piperidine rings is 1. The molecule has 0 unspecified atom stereocenters. The van der Waals surface area contributed by atoms with Crippen molar-refractivity contribution < 1.29 is 14.0 Å². The van der Waals surface area contributed by atoms with Gasteiger partial charge in [-0.05, 0) is 65.4 Å². The third-order valence-corrected chi connectivity index (χ3v) is 6.79. The van der Waals surface area contributed by atoms with Gasteiger partial charge >= 0.3 is 0 Å². The molecule has 34 heavy (non-hydrogen) atoms. The Morgan fingerprint density at radius 3 is 2.53 bits per heavy atom. The Hall–Kier alpha value is -3.27. The van der Waals surface area contributed by atoms with Gasteiger partial charge in [-0.25, -0.2) is 4.39 Å². The number of aromatic nitrogens is 3. The molecule has 0 radical (unpaired) electrons. The number of carbonyl (C=O) groups excluding carboxylic acids is 2. The molecule has 3 heterocycles. The number of hydrogen-bond donors (Lipinski definition) is 2. The summed E-state index contributed by atoms with van der Waals surface area (Å²) in [6.45, 7) is 2.51. The minimum absolute atomic E-state index is 0.0865.